The molecule has 4 fully saturated rings. The molecular weight excluding hydrogens is 354 g/mol. The molecule has 1 heterocycles. The number of amides is 1. The van der Waals surface area contributed by atoms with Crippen LogP contribution in [0.4, 0.5) is 5.82 Å². The highest BCUT2D eigenvalue weighted by Gasteiger charge is 2.57. The lowest BCUT2D eigenvalue weighted by atomic mass is 9.48. The zero-order chi connectivity index (χ0) is 16.2. The maximum atomic E-state index is 12.7. The van der Waals surface area contributed by atoms with E-state index in [1.165, 1.54) is 38.5 Å². The number of nitrogens with one attached hydrogen (secondary N) is 1. The zero-order valence-corrected chi connectivity index (χ0v) is 15.6. The Hall–Kier alpha value is -0.840. The van der Waals surface area contributed by atoms with Gasteiger partial charge in [0.15, 0.2) is 0 Å². The van der Waals surface area contributed by atoms with Gasteiger partial charge in [-0.1, -0.05) is 15.9 Å². The fourth-order valence-electron chi connectivity index (χ4n) is 5.90. The van der Waals surface area contributed by atoms with E-state index in [4.69, 9.17) is 0 Å². The molecule has 0 radical (unpaired) electrons. The molecule has 5 rings (SSSR count). The zero-order valence-electron chi connectivity index (χ0n) is 14.0. The summed E-state index contributed by atoms with van der Waals surface area (Å²) in [6.45, 7) is 4.16. The van der Waals surface area contributed by atoms with Crippen LogP contribution in [0.1, 0.15) is 64.8 Å². The molecule has 23 heavy (non-hydrogen) atoms. The number of halogens is 1. The molecule has 0 aliphatic heterocycles. The predicted octanol–water partition coefficient (Wildman–Crippen LogP) is 4.53. The second-order valence-electron chi connectivity index (χ2n) is 8.59. The van der Waals surface area contributed by atoms with Gasteiger partial charge in [0, 0.05) is 22.9 Å². The largest absolute Gasteiger partial charge is 0.311 e. The first-order valence-electron chi connectivity index (χ1n) is 8.89. The van der Waals surface area contributed by atoms with E-state index in [2.05, 4.69) is 40.2 Å². The SMILES string of the molecule is CC(C)n1nccc1NC(=O)CC12CC3CC(CC(Br)(C3)C1)C2. The van der Waals surface area contributed by atoms with Crippen LogP contribution in [0.3, 0.4) is 0 Å². The Morgan fingerprint density at radius 1 is 1.39 bits per heavy atom. The van der Waals surface area contributed by atoms with Gasteiger partial charge in [-0.05, 0) is 69.6 Å². The van der Waals surface area contributed by atoms with E-state index < -0.39 is 0 Å². The number of carbonyl (C=O) groups excluding carboxylic acids is 1. The van der Waals surface area contributed by atoms with Crippen molar-refractivity contribution in [3.05, 3.63) is 12.3 Å². The Balaban J connectivity index is 1.47. The fraction of sp³-hybridized carbons (Fsp3) is 0.778. The second kappa shape index (κ2) is 5.33. The van der Waals surface area contributed by atoms with Gasteiger partial charge in [-0.2, -0.15) is 5.10 Å². The number of rotatable bonds is 4. The maximum Gasteiger partial charge on any atom is 0.226 e. The lowest BCUT2D eigenvalue weighted by molar-refractivity contribution is -0.123. The van der Waals surface area contributed by atoms with Gasteiger partial charge in [-0.25, -0.2) is 4.68 Å². The molecule has 1 N–H and O–H groups in total. The monoisotopic (exact) mass is 379 g/mol. The van der Waals surface area contributed by atoms with Crippen molar-refractivity contribution in [1.29, 1.82) is 0 Å². The molecule has 4 bridgehead atoms. The summed E-state index contributed by atoms with van der Waals surface area (Å²) in [7, 11) is 0. The van der Waals surface area contributed by atoms with Crippen molar-refractivity contribution >= 4 is 27.7 Å². The summed E-state index contributed by atoms with van der Waals surface area (Å²) in [6.07, 6.45) is 10.1. The van der Waals surface area contributed by atoms with Gasteiger partial charge in [0.1, 0.15) is 5.82 Å². The number of nitrogens with zero attached hydrogens (tertiary/aromatic N) is 2. The van der Waals surface area contributed by atoms with Crippen molar-refractivity contribution in [2.75, 3.05) is 5.32 Å². The van der Waals surface area contributed by atoms with E-state index in [0.29, 0.717) is 10.7 Å². The van der Waals surface area contributed by atoms with Crippen molar-refractivity contribution in [3.63, 3.8) is 0 Å². The topological polar surface area (TPSA) is 46.9 Å². The number of alkyl halides is 1. The Morgan fingerprint density at radius 2 is 2.09 bits per heavy atom. The Labute approximate surface area is 146 Å². The minimum absolute atomic E-state index is 0.158. The van der Waals surface area contributed by atoms with Crippen LogP contribution in [0, 0.1) is 17.3 Å². The Morgan fingerprint density at radius 3 is 2.70 bits per heavy atom. The molecule has 5 heteroatoms. The van der Waals surface area contributed by atoms with Gasteiger partial charge >= 0.3 is 0 Å². The highest BCUT2D eigenvalue weighted by Crippen LogP contribution is 2.65. The molecule has 1 amide bonds. The minimum Gasteiger partial charge on any atom is -0.311 e. The third kappa shape index (κ3) is 2.86. The summed E-state index contributed by atoms with van der Waals surface area (Å²) in [5.41, 5.74) is 0.223. The van der Waals surface area contributed by atoms with Crippen molar-refractivity contribution in [1.82, 2.24) is 9.78 Å². The molecule has 126 valence electrons. The van der Waals surface area contributed by atoms with E-state index in [1.807, 2.05) is 10.7 Å². The lowest BCUT2D eigenvalue weighted by Gasteiger charge is -2.60. The van der Waals surface area contributed by atoms with Crippen LogP contribution in [-0.4, -0.2) is 20.0 Å². The van der Waals surface area contributed by atoms with Gasteiger partial charge in [0.05, 0.1) is 6.20 Å². The second-order valence-corrected chi connectivity index (χ2v) is 10.3. The molecule has 4 aliphatic carbocycles. The first-order chi connectivity index (χ1) is 10.9. The first kappa shape index (κ1) is 15.7. The van der Waals surface area contributed by atoms with Crippen LogP contribution in [0.15, 0.2) is 12.3 Å². The van der Waals surface area contributed by atoms with Crippen molar-refractivity contribution in [3.8, 4) is 0 Å². The lowest BCUT2D eigenvalue weighted by Crippen LogP contribution is -2.53. The maximum absolute atomic E-state index is 12.7. The molecule has 2 unspecified atom stereocenters. The van der Waals surface area contributed by atoms with Gasteiger partial charge < -0.3 is 5.32 Å². The summed E-state index contributed by atoms with van der Waals surface area (Å²) >= 11 is 4.03. The molecule has 0 spiro atoms. The summed E-state index contributed by atoms with van der Waals surface area (Å²) in [5, 5.41) is 7.41. The Bertz CT molecular complexity index is 610. The van der Waals surface area contributed by atoms with Gasteiger partial charge in [-0.3, -0.25) is 4.79 Å². The fourth-order valence-corrected chi connectivity index (χ4v) is 7.41. The van der Waals surface area contributed by atoms with Crippen LogP contribution in [0.25, 0.3) is 0 Å². The smallest absolute Gasteiger partial charge is 0.226 e. The molecule has 1 aromatic rings. The molecule has 2 atom stereocenters. The summed E-state index contributed by atoms with van der Waals surface area (Å²) in [4.78, 5) is 12.7. The molecule has 4 aliphatic rings. The number of aromatic nitrogens is 2. The number of carbonyl (C=O) groups is 1. The van der Waals surface area contributed by atoms with Crippen LogP contribution in [0.5, 0.6) is 0 Å². The standard InChI is InChI=1S/C18H26BrN3O/c1-12(2)22-15(3-4-20-22)21-16(23)10-17-6-13-5-14(7-17)9-18(19,8-13)11-17/h3-4,12-14H,5-11H2,1-2H3,(H,21,23). The van der Waals surface area contributed by atoms with E-state index in [9.17, 15) is 4.79 Å². The number of hydrogen-bond donors (Lipinski definition) is 1. The van der Waals surface area contributed by atoms with Crippen LogP contribution in [-0.2, 0) is 4.79 Å². The number of anilines is 1. The molecule has 1 aromatic heterocycles. The van der Waals surface area contributed by atoms with E-state index >= 15 is 0 Å². The van der Waals surface area contributed by atoms with Crippen LogP contribution >= 0.6 is 15.9 Å². The highest BCUT2D eigenvalue weighted by atomic mass is 79.9. The number of hydrogen-bond acceptors (Lipinski definition) is 2. The molecule has 0 saturated heterocycles. The molecule has 4 nitrogen and oxygen atoms in total. The van der Waals surface area contributed by atoms with Crippen molar-refractivity contribution in [2.45, 2.75) is 69.2 Å². The minimum atomic E-state index is 0.158. The van der Waals surface area contributed by atoms with Crippen LogP contribution in [0.2, 0.25) is 0 Å². The summed E-state index contributed by atoms with van der Waals surface area (Å²) < 4.78 is 2.20. The third-order valence-electron chi connectivity index (χ3n) is 6.07. The molecule has 4 saturated carbocycles. The van der Waals surface area contributed by atoms with Gasteiger partial charge in [0.25, 0.3) is 0 Å². The average Bonchev–Trinajstić information content (AvgIpc) is 2.82. The predicted molar refractivity (Wildman–Crippen MR) is 94.6 cm³/mol. The average molecular weight is 380 g/mol. The summed E-state index contributed by atoms with van der Waals surface area (Å²) in [6, 6.07) is 2.15. The van der Waals surface area contributed by atoms with E-state index in [-0.39, 0.29) is 17.4 Å². The van der Waals surface area contributed by atoms with Crippen molar-refractivity contribution < 1.29 is 4.79 Å². The van der Waals surface area contributed by atoms with Crippen LogP contribution < -0.4 is 5.32 Å². The first-order valence-corrected chi connectivity index (χ1v) is 9.68. The van der Waals surface area contributed by atoms with E-state index in [1.54, 1.807) is 6.20 Å². The summed E-state index contributed by atoms with van der Waals surface area (Å²) in [5.74, 6) is 2.63. The normalized spacial score (nSPS) is 38.3. The van der Waals surface area contributed by atoms with Gasteiger partial charge in [-0.15, -0.1) is 0 Å². The quantitative estimate of drug-likeness (QED) is 0.781. The highest BCUT2D eigenvalue weighted by molar-refractivity contribution is 9.10. The Kier molecular flexibility index (Phi) is 3.63. The van der Waals surface area contributed by atoms with E-state index in [0.717, 1.165) is 17.7 Å². The van der Waals surface area contributed by atoms with Gasteiger partial charge in [0.2, 0.25) is 5.91 Å². The molecular formula is C18H26BrN3O. The van der Waals surface area contributed by atoms with Crippen molar-refractivity contribution in [2.24, 2.45) is 17.3 Å². The third-order valence-corrected chi connectivity index (χ3v) is 7.00. The molecule has 0 aromatic carbocycles.